The fraction of sp³-hybridized carbons (Fsp3) is 0.538. The van der Waals surface area contributed by atoms with Crippen molar-refractivity contribution in [3.63, 3.8) is 0 Å². The minimum absolute atomic E-state index is 0.0668. The predicted molar refractivity (Wildman–Crippen MR) is 71.8 cm³/mol. The van der Waals surface area contributed by atoms with Crippen molar-refractivity contribution in [2.75, 3.05) is 5.33 Å². The van der Waals surface area contributed by atoms with Gasteiger partial charge in [-0.2, -0.15) is 0 Å². The van der Waals surface area contributed by atoms with Crippen molar-refractivity contribution >= 4 is 27.9 Å². The topological polar surface area (TPSA) is 74.6 Å². The lowest BCUT2D eigenvalue weighted by atomic mass is 9.73. The highest BCUT2D eigenvalue weighted by atomic mass is 79.9. The molecular formula is C13H17BrO4. The van der Waals surface area contributed by atoms with Crippen LogP contribution in [0.3, 0.4) is 0 Å². The molecule has 0 aliphatic heterocycles. The Balaban J connectivity index is 2.96. The molecule has 0 bridgehead atoms. The minimum atomic E-state index is -1.06. The smallest absolute Gasteiger partial charge is 0.331 e. The van der Waals surface area contributed by atoms with Crippen LogP contribution in [-0.4, -0.2) is 27.5 Å². The number of hydrogen-bond acceptors (Lipinski definition) is 2. The van der Waals surface area contributed by atoms with Gasteiger partial charge < -0.3 is 10.2 Å². The van der Waals surface area contributed by atoms with Gasteiger partial charge in [0.05, 0.1) is 5.41 Å². The molecule has 1 aliphatic rings. The Labute approximate surface area is 115 Å². The first-order valence-corrected chi connectivity index (χ1v) is 6.96. The summed E-state index contributed by atoms with van der Waals surface area (Å²) in [5.41, 5.74) is -0.175. The zero-order chi connectivity index (χ0) is 13.8. The minimum Gasteiger partial charge on any atom is -0.481 e. The van der Waals surface area contributed by atoms with Gasteiger partial charge in [0.2, 0.25) is 0 Å². The Bertz CT molecular complexity index is 411. The summed E-state index contributed by atoms with van der Waals surface area (Å²) < 4.78 is 0. The van der Waals surface area contributed by atoms with E-state index in [4.69, 9.17) is 5.11 Å². The monoisotopic (exact) mass is 316 g/mol. The fourth-order valence-electron chi connectivity index (χ4n) is 2.27. The molecule has 0 saturated heterocycles. The van der Waals surface area contributed by atoms with Crippen LogP contribution in [0.5, 0.6) is 0 Å². The Kier molecular flexibility index (Phi) is 5.14. The molecule has 0 spiro atoms. The van der Waals surface area contributed by atoms with E-state index in [2.05, 4.69) is 15.9 Å². The van der Waals surface area contributed by atoms with E-state index >= 15 is 0 Å². The number of alkyl halides is 1. The molecular weight excluding hydrogens is 300 g/mol. The van der Waals surface area contributed by atoms with E-state index in [9.17, 15) is 14.7 Å². The lowest BCUT2D eigenvalue weighted by molar-refractivity contribution is -0.146. The van der Waals surface area contributed by atoms with Gasteiger partial charge in [-0.05, 0) is 32.3 Å². The SMILES string of the molecule is CC1=CC(CCCCBr)(C(=O)O)CC(C(=O)O)=C1. The number of carboxylic acid groups (broad SMARTS) is 2. The van der Waals surface area contributed by atoms with E-state index in [0.717, 1.165) is 18.2 Å². The van der Waals surface area contributed by atoms with Gasteiger partial charge in [-0.25, -0.2) is 4.79 Å². The maximum Gasteiger partial charge on any atom is 0.331 e. The molecule has 1 atom stereocenters. The van der Waals surface area contributed by atoms with Crippen LogP contribution in [-0.2, 0) is 9.59 Å². The molecule has 0 heterocycles. The molecule has 0 fully saturated rings. The Morgan fingerprint density at radius 3 is 2.56 bits per heavy atom. The van der Waals surface area contributed by atoms with Crippen molar-refractivity contribution in [1.29, 1.82) is 0 Å². The molecule has 0 amide bonds. The molecule has 1 unspecified atom stereocenters. The van der Waals surface area contributed by atoms with Crippen molar-refractivity contribution in [3.05, 3.63) is 23.3 Å². The van der Waals surface area contributed by atoms with Crippen LogP contribution in [0.2, 0.25) is 0 Å². The lowest BCUT2D eigenvalue weighted by Gasteiger charge is -2.30. The number of allylic oxidation sites excluding steroid dienone is 2. The van der Waals surface area contributed by atoms with Gasteiger partial charge in [0.25, 0.3) is 0 Å². The highest BCUT2D eigenvalue weighted by Gasteiger charge is 2.39. The molecule has 4 nitrogen and oxygen atoms in total. The zero-order valence-electron chi connectivity index (χ0n) is 10.3. The third kappa shape index (κ3) is 3.45. The highest BCUT2D eigenvalue weighted by molar-refractivity contribution is 9.09. The van der Waals surface area contributed by atoms with Gasteiger partial charge in [0, 0.05) is 10.9 Å². The second-order valence-corrected chi connectivity index (χ2v) is 5.44. The predicted octanol–water partition coefficient (Wildman–Crippen LogP) is 2.98. The largest absolute Gasteiger partial charge is 0.481 e. The molecule has 1 rings (SSSR count). The normalized spacial score (nSPS) is 23.2. The lowest BCUT2D eigenvalue weighted by Crippen LogP contribution is -2.32. The second kappa shape index (κ2) is 6.18. The molecule has 1 aliphatic carbocycles. The third-order valence-electron chi connectivity index (χ3n) is 3.12. The number of rotatable bonds is 6. The van der Waals surface area contributed by atoms with Gasteiger partial charge in [0.1, 0.15) is 0 Å². The molecule has 18 heavy (non-hydrogen) atoms. The summed E-state index contributed by atoms with van der Waals surface area (Å²) in [4.78, 5) is 22.6. The summed E-state index contributed by atoms with van der Waals surface area (Å²) in [6.45, 7) is 1.74. The van der Waals surface area contributed by atoms with E-state index in [0.29, 0.717) is 12.0 Å². The summed E-state index contributed by atoms with van der Waals surface area (Å²) in [5.74, 6) is -1.98. The Morgan fingerprint density at radius 2 is 2.06 bits per heavy atom. The maximum absolute atomic E-state index is 11.5. The zero-order valence-corrected chi connectivity index (χ0v) is 11.9. The summed E-state index contributed by atoms with van der Waals surface area (Å²) in [7, 11) is 0. The van der Waals surface area contributed by atoms with Crippen LogP contribution in [0.4, 0.5) is 0 Å². The third-order valence-corrected chi connectivity index (χ3v) is 3.68. The van der Waals surface area contributed by atoms with Crippen LogP contribution in [0.1, 0.15) is 32.6 Å². The Morgan fingerprint density at radius 1 is 1.39 bits per heavy atom. The maximum atomic E-state index is 11.5. The molecule has 2 N–H and O–H groups in total. The summed E-state index contributed by atoms with van der Waals surface area (Å²) in [6, 6.07) is 0. The average Bonchev–Trinajstić information content (AvgIpc) is 2.28. The molecule has 0 aromatic carbocycles. The van der Waals surface area contributed by atoms with E-state index in [1.54, 1.807) is 19.1 Å². The average molecular weight is 317 g/mol. The van der Waals surface area contributed by atoms with Crippen molar-refractivity contribution in [2.24, 2.45) is 5.41 Å². The van der Waals surface area contributed by atoms with E-state index in [-0.39, 0.29) is 12.0 Å². The number of aliphatic carboxylic acids is 2. The van der Waals surface area contributed by atoms with Gasteiger partial charge >= 0.3 is 11.9 Å². The van der Waals surface area contributed by atoms with Crippen molar-refractivity contribution in [2.45, 2.75) is 32.6 Å². The standard InChI is InChI=1S/C13H17BrO4/c1-9-6-10(11(15)16)8-13(7-9,12(17)18)4-2-3-5-14/h6-7H,2-5,8H2,1H3,(H,15,16)(H,17,18). The molecule has 100 valence electrons. The van der Waals surface area contributed by atoms with E-state index in [1.807, 2.05) is 0 Å². The second-order valence-electron chi connectivity index (χ2n) is 4.65. The molecule has 0 radical (unpaired) electrons. The van der Waals surface area contributed by atoms with Crippen molar-refractivity contribution in [3.8, 4) is 0 Å². The van der Waals surface area contributed by atoms with Gasteiger partial charge in [0.15, 0.2) is 0 Å². The number of carboxylic acids is 2. The molecule has 0 aromatic rings. The van der Waals surface area contributed by atoms with Gasteiger partial charge in [-0.15, -0.1) is 0 Å². The fourth-order valence-corrected chi connectivity index (χ4v) is 2.67. The quantitative estimate of drug-likeness (QED) is 0.583. The van der Waals surface area contributed by atoms with Crippen LogP contribution in [0.25, 0.3) is 0 Å². The van der Waals surface area contributed by atoms with Crippen molar-refractivity contribution in [1.82, 2.24) is 0 Å². The molecule has 0 saturated carbocycles. The Hall–Kier alpha value is -1.10. The van der Waals surface area contributed by atoms with Gasteiger partial charge in [-0.1, -0.05) is 34.0 Å². The summed E-state index contributed by atoms with van der Waals surface area (Å²) in [5, 5.41) is 19.3. The van der Waals surface area contributed by atoms with E-state index in [1.165, 1.54) is 0 Å². The van der Waals surface area contributed by atoms with Crippen molar-refractivity contribution < 1.29 is 19.8 Å². The number of carbonyl (C=O) groups is 2. The highest BCUT2D eigenvalue weighted by Crippen LogP contribution is 2.39. The van der Waals surface area contributed by atoms with Crippen LogP contribution >= 0.6 is 15.9 Å². The number of halogens is 1. The number of unbranched alkanes of at least 4 members (excludes halogenated alkanes) is 1. The van der Waals surface area contributed by atoms with Crippen LogP contribution < -0.4 is 0 Å². The van der Waals surface area contributed by atoms with Crippen LogP contribution in [0.15, 0.2) is 23.3 Å². The first-order valence-electron chi connectivity index (χ1n) is 5.84. The van der Waals surface area contributed by atoms with Crippen LogP contribution in [0, 0.1) is 5.41 Å². The molecule has 5 heteroatoms. The number of hydrogen-bond donors (Lipinski definition) is 2. The summed E-state index contributed by atoms with van der Waals surface area (Å²) >= 11 is 3.31. The first kappa shape index (κ1) is 15.0. The first-order chi connectivity index (χ1) is 8.41. The van der Waals surface area contributed by atoms with E-state index < -0.39 is 17.4 Å². The van der Waals surface area contributed by atoms with Gasteiger partial charge in [-0.3, -0.25) is 4.79 Å². The summed E-state index contributed by atoms with van der Waals surface area (Å²) in [6.07, 6.45) is 5.42. The molecule has 0 aromatic heterocycles.